The molecule has 4 amide bonds. The molecule has 23 heavy (non-hydrogen) atoms. The van der Waals surface area contributed by atoms with Crippen LogP contribution in [0.1, 0.15) is 45.4 Å². The number of imide groups is 1. The molecule has 5 aliphatic rings. The van der Waals surface area contributed by atoms with Gasteiger partial charge < -0.3 is 0 Å². The molecule has 2 N–H and O–H groups in total. The van der Waals surface area contributed by atoms with E-state index in [-0.39, 0.29) is 17.9 Å². The summed E-state index contributed by atoms with van der Waals surface area (Å²) >= 11 is 0. The number of carbonyl (C=O) groups excluding carboxylic acids is 3. The number of nitrogens with one attached hydrogen (secondary N) is 2. The van der Waals surface area contributed by atoms with Gasteiger partial charge in [0.25, 0.3) is 5.91 Å². The lowest BCUT2D eigenvalue weighted by Crippen LogP contribution is -2.47. The van der Waals surface area contributed by atoms with Crippen LogP contribution in [0.4, 0.5) is 4.79 Å². The first-order valence-corrected chi connectivity index (χ1v) is 8.54. The maximum absolute atomic E-state index is 12.2. The van der Waals surface area contributed by atoms with E-state index < -0.39 is 11.9 Å². The number of urea groups is 1. The lowest BCUT2D eigenvalue weighted by Gasteiger charge is -2.57. The van der Waals surface area contributed by atoms with E-state index in [1.165, 1.54) is 38.5 Å². The fourth-order valence-corrected chi connectivity index (χ4v) is 5.64. The summed E-state index contributed by atoms with van der Waals surface area (Å²) in [6.45, 7) is 1.94. The largest absolute Gasteiger partial charge is 0.343 e. The SMILES string of the molecule is C/C(=C\C(=O)NN1CC(=O)NC1=O)C12CC3CC(CC(C3)C1)C2. The van der Waals surface area contributed by atoms with Crippen molar-refractivity contribution in [3.8, 4) is 0 Å². The van der Waals surface area contributed by atoms with Crippen LogP contribution in [0.5, 0.6) is 0 Å². The number of hydrazine groups is 1. The number of carbonyl (C=O) groups is 3. The van der Waals surface area contributed by atoms with Gasteiger partial charge in [0, 0.05) is 6.08 Å². The van der Waals surface area contributed by atoms with Gasteiger partial charge in [0.15, 0.2) is 0 Å². The molecule has 1 aliphatic heterocycles. The molecule has 0 aromatic carbocycles. The molecular weight excluding hydrogens is 294 g/mol. The van der Waals surface area contributed by atoms with Crippen LogP contribution in [0.15, 0.2) is 11.6 Å². The standard InChI is InChI=1S/C17H23N3O3/c1-10(2-14(21)19-20-9-15(22)18-16(20)23)17-6-11-3-12(7-17)5-13(4-11)8-17/h2,11-13H,3-9H2,1H3,(H,19,21)(H,18,22,23)/b10-2+. The number of nitrogens with zero attached hydrogens (tertiary/aromatic N) is 1. The van der Waals surface area contributed by atoms with E-state index in [1.54, 1.807) is 6.08 Å². The van der Waals surface area contributed by atoms with Gasteiger partial charge in [-0.3, -0.25) is 20.3 Å². The van der Waals surface area contributed by atoms with Crippen LogP contribution in [0.25, 0.3) is 0 Å². The Morgan fingerprint density at radius 3 is 2.22 bits per heavy atom. The lowest BCUT2D eigenvalue weighted by atomic mass is 9.48. The molecular formula is C17H23N3O3. The van der Waals surface area contributed by atoms with Crippen LogP contribution in [0.2, 0.25) is 0 Å². The third-order valence-electron chi connectivity index (χ3n) is 6.26. The number of allylic oxidation sites excluding steroid dienone is 1. The van der Waals surface area contributed by atoms with Gasteiger partial charge in [-0.1, -0.05) is 5.57 Å². The summed E-state index contributed by atoms with van der Waals surface area (Å²) in [5, 5.41) is 3.18. The molecule has 0 unspecified atom stereocenters. The summed E-state index contributed by atoms with van der Waals surface area (Å²) in [5.74, 6) is 1.78. The summed E-state index contributed by atoms with van der Waals surface area (Å²) in [6.07, 6.45) is 9.37. The Morgan fingerprint density at radius 1 is 1.17 bits per heavy atom. The molecule has 4 aliphatic carbocycles. The lowest BCUT2D eigenvalue weighted by molar-refractivity contribution is -0.121. The summed E-state index contributed by atoms with van der Waals surface area (Å²) in [7, 11) is 0. The second-order valence-corrected chi connectivity index (χ2v) is 7.94. The van der Waals surface area contributed by atoms with E-state index in [0.717, 1.165) is 28.3 Å². The summed E-state index contributed by atoms with van der Waals surface area (Å²) in [5.41, 5.74) is 3.84. The minimum atomic E-state index is -0.566. The van der Waals surface area contributed by atoms with Gasteiger partial charge in [0.1, 0.15) is 6.54 Å². The van der Waals surface area contributed by atoms with Crippen molar-refractivity contribution >= 4 is 17.8 Å². The second kappa shape index (κ2) is 5.08. The quantitative estimate of drug-likeness (QED) is 0.614. The molecule has 0 aromatic heterocycles. The van der Waals surface area contributed by atoms with Crippen molar-refractivity contribution in [2.24, 2.45) is 23.2 Å². The normalized spacial score (nSPS) is 38.9. The summed E-state index contributed by atoms with van der Waals surface area (Å²) in [4.78, 5) is 34.9. The average Bonchev–Trinajstić information content (AvgIpc) is 2.75. The first-order valence-electron chi connectivity index (χ1n) is 8.54. The van der Waals surface area contributed by atoms with Crippen molar-refractivity contribution in [2.45, 2.75) is 45.4 Å². The Kier molecular flexibility index (Phi) is 3.25. The molecule has 124 valence electrons. The molecule has 0 aromatic rings. The van der Waals surface area contributed by atoms with Crippen molar-refractivity contribution in [1.29, 1.82) is 0 Å². The van der Waals surface area contributed by atoms with Crippen molar-refractivity contribution in [3.63, 3.8) is 0 Å². The summed E-state index contributed by atoms with van der Waals surface area (Å²) in [6, 6.07) is -0.566. The number of amides is 4. The first kappa shape index (κ1) is 14.7. The van der Waals surface area contributed by atoms with Gasteiger partial charge >= 0.3 is 6.03 Å². The highest BCUT2D eigenvalue weighted by atomic mass is 16.2. The van der Waals surface area contributed by atoms with Crippen LogP contribution < -0.4 is 10.7 Å². The fraction of sp³-hybridized carbons (Fsp3) is 0.706. The maximum Gasteiger partial charge on any atom is 0.343 e. The third kappa shape index (κ3) is 2.54. The zero-order chi connectivity index (χ0) is 16.2. The molecule has 4 bridgehead atoms. The van der Waals surface area contributed by atoms with E-state index in [9.17, 15) is 14.4 Å². The maximum atomic E-state index is 12.2. The summed E-state index contributed by atoms with van der Waals surface area (Å²) < 4.78 is 0. The van der Waals surface area contributed by atoms with Crippen LogP contribution in [-0.2, 0) is 9.59 Å². The van der Waals surface area contributed by atoms with Gasteiger partial charge in [-0.25, -0.2) is 9.80 Å². The average molecular weight is 317 g/mol. The van der Waals surface area contributed by atoms with Crippen LogP contribution in [-0.4, -0.2) is 29.4 Å². The van der Waals surface area contributed by atoms with E-state index in [1.807, 2.05) is 0 Å². The zero-order valence-corrected chi connectivity index (χ0v) is 13.4. The number of hydrogen-bond donors (Lipinski definition) is 2. The molecule has 0 spiro atoms. The minimum Gasteiger partial charge on any atom is -0.275 e. The third-order valence-corrected chi connectivity index (χ3v) is 6.26. The van der Waals surface area contributed by atoms with Gasteiger partial charge in [-0.2, -0.15) is 0 Å². The van der Waals surface area contributed by atoms with Crippen LogP contribution >= 0.6 is 0 Å². The van der Waals surface area contributed by atoms with Crippen molar-refractivity contribution < 1.29 is 14.4 Å². The topological polar surface area (TPSA) is 78.5 Å². The second-order valence-electron chi connectivity index (χ2n) is 7.94. The van der Waals surface area contributed by atoms with Gasteiger partial charge in [-0.05, 0) is 68.6 Å². The smallest absolute Gasteiger partial charge is 0.275 e. The van der Waals surface area contributed by atoms with Gasteiger partial charge in [0.05, 0.1) is 0 Å². The highest BCUT2D eigenvalue weighted by molar-refractivity contribution is 6.03. The van der Waals surface area contributed by atoms with Crippen molar-refractivity contribution in [2.75, 3.05) is 6.54 Å². The van der Waals surface area contributed by atoms with Gasteiger partial charge in [0.2, 0.25) is 5.91 Å². The molecule has 6 heteroatoms. The molecule has 4 saturated carbocycles. The van der Waals surface area contributed by atoms with E-state index in [4.69, 9.17) is 0 Å². The van der Waals surface area contributed by atoms with Crippen molar-refractivity contribution in [3.05, 3.63) is 11.6 Å². The zero-order valence-electron chi connectivity index (χ0n) is 13.4. The Hall–Kier alpha value is -1.85. The predicted octanol–water partition coefficient (Wildman–Crippen LogP) is 1.73. The monoisotopic (exact) mass is 317 g/mol. The van der Waals surface area contributed by atoms with Crippen molar-refractivity contribution in [1.82, 2.24) is 15.8 Å². The molecule has 0 radical (unpaired) electrons. The highest BCUT2D eigenvalue weighted by Gasteiger charge is 2.51. The molecule has 1 heterocycles. The van der Waals surface area contributed by atoms with Gasteiger partial charge in [-0.15, -0.1) is 0 Å². The Balaban J connectivity index is 1.47. The number of hydrogen-bond acceptors (Lipinski definition) is 3. The molecule has 5 rings (SSSR count). The van der Waals surface area contributed by atoms with Crippen LogP contribution in [0, 0.1) is 23.2 Å². The fourth-order valence-electron chi connectivity index (χ4n) is 5.64. The molecule has 5 fully saturated rings. The van der Waals surface area contributed by atoms with E-state index >= 15 is 0 Å². The number of rotatable bonds is 3. The Morgan fingerprint density at radius 2 is 1.74 bits per heavy atom. The Labute approximate surface area is 135 Å². The van der Waals surface area contributed by atoms with Crippen LogP contribution in [0.3, 0.4) is 0 Å². The highest BCUT2D eigenvalue weighted by Crippen LogP contribution is 2.62. The Bertz CT molecular complexity index is 575. The van der Waals surface area contributed by atoms with E-state index in [0.29, 0.717) is 0 Å². The van der Waals surface area contributed by atoms with E-state index in [2.05, 4.69) is 17.7 Å². The minimum absolute atomic E-state index is 0.116. The molecule has 0 atom stereocenters. The molecule has 1 saturated heterocycles. The molecule has 6 nitrogen and oxygen atoms in total. The predicted molar refractivity (Wildman–Crippen MR) is 82.7 cm³/mol. The first-order chi connectivity index (χ1) is 10.9.